The van der Waals surface area contributed by atoms with E-state index in [0.29, 0.717) is 11.1 Å². The SMILES string of the molecule is C[C@@H]1c2ccsc2CCN1C(=O)Cc1nn(C)c(=O)c2ccccc12. The lowest BCUT2D eigenvalue weighted by Gasteiger charge is -2.33. The molecule has 0 radical (unpaired) electrons. The van der Waals surface area contributed by atoms with Gasteiger partial charge in [0, 0.05) is 23.9 Å². The Balaban J connectivity index is 1.67. The maximum absolute atomic E-state index is 13.0. The van der Waals surface area contributed by atoms with E-state index in [2.05, 4.69) is 23.5 Å². The number of hydrogen-bond donors (Lipinski definition) is 0. The molecule has 0 N–H and O–H groups in total. The Morgan fingerprint density at radius 3 is 2.84 bits per heavy atom. The fourth-order valence-corrected chi connectivity index (χ4v) is 4.56. The number of nitrogens with zero attached hydrogens (tertiary/aromatic N) is 3. The van der Waals surface area contributed by atoms with Crippen molar-refractivity contribution in [1.29, 1.82) is 0 Å². The van der Waals surface area contributed by atoms with Gasteiger partial charge in [-0.25, -0.2) is 4.68 Å². The molecule has 1 aliphatic heterocycles. The highest BCUT2D eigenvalue weighted by atomic mass is 32.1. The number of fused-ring (bicyclic) bond motifs is 2. The first-order valence-electron chi connectivity index (χ1n) is 8.37. The highest BCUT2D eigenvalue weighted by Crippen LogP contribution is 2.33. The van der Waals surface area contributed by atoms with Gasteiger partial charge in [-0.05, 0) is 36.4 Å². The van der Waals surface area contributed by atoms with Crippen molar-refractivity contribution in [3.8, 4) is 0 Å². The van der Waals surface area contributed by atoms with Crippen molar-refractivity contribution in [2.45, 2.75) is 25.8 Å². The summed E-state index contributed by atoms with van der Waals surface area (Å²) in [4.78, 5) is 28.5. The van der Waals surface area contributed by atoms with Crippen LogP contribution in [0.5, 0.6) is 0 Å². The van der Waals surface area contributed by atoms with E-state index in [4.69, 9.17) is 0 Å². The Kier molecular flexibility index (Phi) is 3.92. The molecule has 0 saturated carbocycles. The molecule has 5 nitrogen and oxygen atoms in total. The molecule has 0 bridgehead atoms. The monoisotopic (exact) mass is 353 g/mol. The van der Waals surface area contributed by atoms with E-state index in [1.807, 2.05) is 23.1 Å². The first-order valence-corrected chi connectivity index (χ1v) is 9.25. The summed E-state index contributed by atoms with van der Waals surface area (Å²) in [5.74, 6) is 0.0562. The standard InChI is InChI=1S/C19H19N3O2S/c1-12-13-8-10-25-17(13)7-9-22(12)18(23)11-16-14-5-3-4-6-15(14)19(24)21(2)20-16/h3-6,8,10,12H,7,9,11H2,1-2H3/t12-/m1/s1. The lowest BCUT2D eigenvalue weighted by atomic mass is 10.0. The van der Waals surface area contributed by atoms with E-state index in [-0.39, 0.29) is 23.9 Å². The molecular formula is C19H19N3O2S. The summed E-state index contributed by atoms with van der Waals surface area (Å²) in [6.45, 7) is 2.81. The lowest BCUT2D eigenvalue weighted by Crippen LogP contribution is -2.39. The maximum atomic E-state index is 13.0. The van der Waals surface area contributed by atoms with Crippen LogP contribution in [0.25, 0.3) is 10.8 Å². The average molecular weight is 353 g/mol. The van der Waals surface area contributed by atoms with Gasteiger partial charge in [-0.1, -0.05) is 18.2 Å². The quantitative estimate of drug-likeness (QED) is 0.712. The molecule has 3 aromatic rings. The molecule has 0 spiro atoms. The van der Waals surface area contributed by atoms with Crippen LogP contribution in [0.15, 0.2) is 40.5 Å². The van der Waals surface area contributed by atoms with Crippen LogP contribution in [0.4, 0.5) is 0 Å². The summed E-state index contributed by atoms with van der Waals surface area (Å²) >= 11 is 1.76. The van der Waals surface area contributed by atoms with E-state index >= 15 is 0 Å². The van der Waals surface area contributed by atoms with Crippen LogP contribution in [0, 0.1) is 0 Å². The van der Waals surface area contributed by atoms with Crippen LogP contribution in [0.2, 0.25) is 0 Å². The molecule has 0 aliphatic carbocycles. The van der Waals surface area contributed by atoms with Crippen LogP contribution in [-0.2, 0) is 24.7 Å². The molecule has 1 atom stereocenters. The van der Waals surface area contributed by atoms with Gasteiger partial charge in [0.2, 0.25) is 5.91 Å². The highest BCUT2D eigenvalue weighted by Gasteiger charge is 2.28. The summed E-state index contributed by atoms with van der Waals surface area (Å²) in [7, 11) is 1.63. The van der Waals surface area contributed by atoms with Gasteiger partial charge in [-0.15, -0.1) is 11.3 Å². The van der Waals surface area contributed by atoms with E-state index < -0.39 is 0 Å². The molecule has 25 heavy (non-hydrogen) atoms. The first kappa shape index (κ1) is 16.0. The summed E-state index contributed by atoms with van der Waals surface area (Å²) < 4.78 is 1.32. The van der Waals surface area contributed by atoms with Gasteiger partial charge in [0.05, 0.1) is 23.5 Å². The molecule has 0 saturated heterocycles. The van der Waals surface area contributed by atoms with Gasteiger partial charge in [-0.3, -0.25) is 9.59 Å². The molecular weight excluding hydrogens is 334 g/mol. The number of benzene rings is 1. The minimum absolute atomic E-state index is 0.0562. The number of carbonyl (C=O) groups is 1. The lowest BCUT2D eigenvalue weighted by molar-refractivity contribution is -0.133. The zero-order chi connectivity index (χ0) is 17.6. The molecule has 1 aliphatic rings. The van der Waals surface area contributed by atoms with Crippen molar-refractivity contribution in [3.05, 3.63) is 62.2 Å². The number of thiophene rings is 1. The fraction of sp³-hybridized carbons (Fsp3) is 0.316. The number of hydrogen-bond acceptors (Lipinski definition) is 4. The number of rotatable bonds is 2. The second-order valence-corrected chi connectivity index (χ2v) is 7.41. The Morgan fingerprint density at radius 1 is 1.28 bits per heavy atom. The Bertz CT molecular complexity index is 1020. The molecule has 2 aromatic heterocycles. The molecule has 6 heteroatoms. The van der Waals surface area contributed by atoms with Crippen LogP contribution in [-0.4, -0.2) is 27.1 Å². The van der Waals surface area contributed by atoms with Crippen molar-refractivity contribution < 1.29 is 4.79 Å². The smallest absolute Gasteiger partial charge is 0.274 e. The summed E-state index contributed by atoms with van der Waals surface area (Å²) in [6.07, 6.45) is 1.11. The molecule has 0 fully saturated rings. The fourth-order valence-electron chi connectivity index (χ4n) is 3.60. The third-order valence-corrected chi connectivity index (χ3v) is 5.95. The molecule has 4 rings (SSSR count). The topological polar surface area (TPSA) is 55.2 Å². The molecule has 3 heterocycles. The minimum Gasteiger partial charge on any atom is -0.335 e. The van der Waals surface area contributed by atoms with Gasteiger partial charge in [0.1, 0.15) is 0 Å². The van der Waals surface area contributed by atoms with Gasteiger partial charge < -0.3 is 4.90 Å². The van der Waals surface area contributed by atoms with E-state index in [1.165, 1.54) is 15.1 Å². The number of aromatic nitrogens is 2. The first-order chi connectivity index (χ1) is 12.1. The predicted octanol–water partition coefficient (Wildman–Crippen LogP) is 2.68. The van der Waals surface area contributed by atoms with Gasteiger partial charge in [-0.2, -0.15) is 5.10 Å². The van der Waals surface area contributed by atoms with Crippen molar-refractivity contribution in [2.24, 2.45) is 7.05 Å². The average Bonchev–Trinajstić information content (AvgIpc) is 3.09. The van der Waals surface area contributed by atoms with Crippen molar-refractivity contribution in [2.75, 3.05) is 6.54 Å². The summed E-state index contributed by atoms with van der Waals surface area (Å²) in [6, 6.07) is 9.56. The van der Waals surface area contributed by atoms with E-state index in [0.717, 1.165) is 18.4 Å². The van der Waals surface area contributed by atoms with Crippen LogP contribution < -0.4 is 5.56 Å². The largest absolute Gasteiger partial charge is 0.335 e. The van der Waals surface area contributed by atoms with Crippen molar-refractivity contribution >= 4 is 28.0 Å². The van der Waals surface area contributed by atoms with Crippen LogP contribution in [0.1, 0.15) is 29.1 Å². The van der Waals surface area contributed by atoms with Gasteiger partial charge >= 0.3 is 0 Å². The van der Waals surface area contributed by atoms with Gasteiger partial charge in [0.15, 0.2) is 0 Å². The zero-order valence-corrected chi connectivity index (χ0v) is 15.0. The van der Waals surface area contributed by atoms with Crippen LogP contribution in [0.3, 0.4) is 0 Å². The third kappa shape index (κ3) is 2.66. The second kappa shape index (κ2) is 6.11. The van der Waals surface area contributed by atoms with Gasteiger partial charge in [0.25, 0.3) is 5.56 Å². The maximum Gasteiger partial charge on any atom is 0.274 e. The Morgan fingerprint density at radius 2 is 2.04 bits per heavy atom. The second-order valence-electron chi connectivity index (χ2n) is 6.41. The normalized spacial score (nSPS) is 16.9. The third-order valence-electron chi connectivity index (χ3n) is 4.95. The Labute approximate surface area is 149 Å². The number of aryl methyl sites for hydroxylation is 1. The highest BCUT2D eigenvalue weighted by molar-refractivity contribution is 7.10. The zero-order valence-electron chi connectivity index (χ0n) is 14.2. The van der Waals surface area contributed by atoms with E-state index in [9.17, 15) is 9.59 Å². The van der Waals surface area contributed by atoms with E-state index in [1.54, 1.807) is 24.5 Å². The number of amides is 1. The Hall–Kier alpha value is -2.47. The van der Waals surface area contributed by atoms with Crippen molar-refractivity contribution in [1.82, 2.24) is 14.7 Å². The molecule has 1 amide bonds. The van der Waals surface area contributed by atoms with Crippen LogP contribution >= 0.6 is 11.3 Å². The summed E-state index contributed by atoms with van der Waals surface area (Å²) in [5.41, 5.74) is 1.77. The molecule has 1 aromatic carbocycles. The predicted molar refractivity (Wildman–Crippen MR) is 98.8 cm³/mol. The minimum atomic E-state index is -0.138. The summed E-state index contributed by atoms with van der Waals surface area (Å²) in [5, 5.41) is 7.82. The molecule has 0 unspecified atom stereocenters. The van der Waals surface area contributed by atoms with Crippen molar-refractivity contribution in [3.63, 3.8) is 0 Å². The molecule has 128 valence electrons. The number of carbonyl (C=O) groups excluding carboxylic acids is 1.